The first kappa shape index (κ1) is 16.2. The lowest BCUT2D eigenvalue weighted by atomic mass is 9.71. The Kier molecular flexibility index (Phi) is 4.83. The highest BCUT2D eigenvalue weighted by Crippen LogP contribution is 2.42. The van der Waals surface area contributed by atoms with Crippen molar-refractivity contribution in [3.05, 3.63) is 70.2 Å². The van der Waals surface area contributed by atoms with Crippen LogP contribution in [-0.2, 0) is 10.3 Å². The molecule has 1 atom stereocenters. The lowest BCUT2D eigenvalue weighted by Crippen LogP contribution is -2.51. The SMILES string of the molecule is NC(CC(=O)NC1(c2cccc(Br)c2)CCC1)c1ccccc1. The maximum absolute atomic E-state index is 12.5. The number of hydrogen-bond donors (Lipinski definition) is 2. The second kappa shape index (κ2) is 6.85. The van der Waals surface area contributed by atoms with Gasteiger partial charge in [-0.3, -0.25) is 4.79 Å². The van der Waals surface area contributed by atoms with E-state index in [-0.39, 0.29) is 17.5 Å². The second-order valence-electron chi connectivity index (χ2n) is 6.22. The van der Waals surface area contributed by atoms with Crippen LogP contribution >= 0.6 is 15.9 Å². The molecule has 2 aromatic rings. The molecule has 120 valence electrons. The molecule has 3 nitrogen and oxygen atoms in total. The van der Waals surface area contributed by atoms with Gasteiger partial charge in [0.15, 0.2) is 0 Å². The Balaban J connectivity index is 1.68. The number of benzene rings is 2. The van der Waals surface area contributed by atoms with Crippen molar-refractivity contribution in [1.82, 2.24) is 5.32 Å². The topological polar surface area (TPSA) is 55.1 Å². The van der Waals surface area contributed by atoms with Gasteiger partial charge in [0.05, 0.1) is 5.54 Å². The summed E-state index contributed by atoms with van der Waals surface area (Å²) >= 11 is 3.51. The highest BCUT2D eigenvalue weighted by molar-refractivity contribution is 9.10. The van der Waals surface area contributed by atoms with Crippen LogP contribution in [0.1, 0.15) is 42.9 Å². The van der Waals surface area contributed by atoms with E-state index in [1.54, 1.807) is 0 Å². The van der Waals surface area contributed by atoms with Gasteiger partial charge in [0.1, 0.15) is 0 Å². The van der Waals surface area contributed by atoms with Crippen molar-refractivity contribution in [3.63, 3.8) is 0 Å². The molecular weight excluding hydrogens is 352 g/mol. The van der Waals surface area contributed by atoms with Crippen LogP contribution in [0, 0.1) is 0 Å². The van der Waals surface area contributed by atoms with Crippen molar-refractivity contribution < 1.29 is 4.79 Å². The first-order chi connectivity index (χ1) is 11.1. The van der Waals surface area contributed by atoms with E-state index in [1.807, 2.05) is 42.5 Å². The molecule has 1 saturated carbocycles. The largest absolute Gasteiger partial charge is 0.347 e. The van der Waals surface area contributed by atoms with Gasteiger partial charge in [-0.1, -0.05) is 58.4 Å². The number of hydrogen-bond acceptors (Lipinski definition) is 2. The fraction of sp³-hybridized carbons (Fsp3) is 0.316. The van der Waals surface area contributed by atoms with Crippen LogP contribution < -0.4 is 11.1 Å². The molecule has 3 rings (SSSR count). The third kappa shape index (κ3) is 3.65. The molecule has 0 aromatic heterocycles. The van der Waals surface area contributed by atoms with Crippen molar-refractivity contribution in [2.75, 3.05) is 0 Å². The molecule has 1 aliphatic carbocycles. The van der Waals surface area contributed by atoms with E-state index >= 15 is 0 Å². The minimum absolute atomic E-state index is 0.0148. The Morgan fingerprint density at radius 1 is 1.17 bits per heavy atom. The lowest BCUT2D eigenvalue weighted by Gasteiger charge is -2.43. The van der Waals surface area contributed by atoms with Gasteiger partial charge < -0.3 is 11.1 Å². The van der Waals surface area contributed by atoms with Crippen molar-refractivity contribution in [2.24, 2.45) is 5.73 Å². The summed E-state index contributed by atoms with van der Waals surface area (Å²) in [6, 6.07) is 17.7. The van der Waals surface area contributed by atoms with Crippen molar-refractivity contribution >= 4 is 21.8 Å². The average molecular weight is 373 g/mol. The quantitative estimate of drug-likeness (QED) is 0.831. The normalized spacial score (nSPS) is 17.1. The Labute approximate surface area is 145 Å². The summed E-state index contributed by atoms with van der Waals surface area (Å²) in [4.78, 5) is 12.5. The molecular formula is C19H21BrN2O. The predicted octanol–water partition coefficient (Wildman–Crippen LogP) is 4.03. The van der Waals surface area contributed by atoms with Gasteiger partial charge in [-0.25, -0.2) is 0 Å². The number of carbonyl (C=O) groups is 1. The number of rotatable bonds is 5. The molecule has 0 saturated heterocycles. The molecule has 3 N–H and O–H groups in total. The molecule has 0 bridgehead atoms. The summed E-state index contributed by atoms with van der Waals surface area (Å²) in [5, 5.41) is 3.23. The van der Waals surface area contributed by atoms with Crippen LogP contribution in [0.25, 0.3) is 0 Å². The summed E-state index contributed by atoms with van der Waals surface area (Å²) < 4.78 is 1.04. The molecule has 0 radical (unpaired) electrons. The number of nitrogens with one attached hydrogen (secondary N) is 1. The average Bonchev–Trinajstić information content (AvgIpc) is 2.51. The fourth-order valence-electron chi connectivity index (χ4n) is 3.14. The number of nitrogens with two attached hydrogens (primary N) is 1. The van der Waals surface area contributed by atoms with Gasteiger partial charge in [0.2, 0.25) is 5.91 Å². The van der Waals surface area contributed by atoms with Crippen LogP contribution in [0.3, 0.4) is 0 Å². The van der Waals surface area contributed by atoms with Crippen LogP contribution in [0.4, 0.5) is 0 Å². The van der Waals surface area contributed by atoms with Gasteiger partial charge in [0.25, 0.3) is 0 Å². The van der Waals surface area contributed by atoms with E-state index in [4.69, 9.17) is 5.73 Å². The number of halogens is 1. The highest BCUT2D eigenvalue weighted by atomic mass is 79.9. The van der Waals surface area contributed by atoms with Crippen LogP contribution in [0.15, 0.2) is 59.1 Å². The summed E-state index contributed by atoms with van der Waals surface area (Å²) in [6.07, 6.45) is 3.41. The van der Waals surface area contributed by atoms with E-state index in [0.29, 0.717) is 6.42 Å². The molecule has 0 aliphatic heterocycles. The van der Waals surface area contributed by atoms with Crippen LogP contribution in [0.2, 0.25) is 0 Å². The Morgan fingerprint density at radius 2 is 1.91 bits per heavy atom. The lowest BCUT2D eigenvalue weighted by molar-refractivity contribution is -0.124. The second-order valence-corrected chi connectivity index (χ2v) is 7.13. The monoisotopic (exact) mass is 372 g/mol. The van der Waals surface area contributed by atoms with Crippen molar-refractivity contribution in [1.29, 1.82) is 0 Å². The van der Waals surface area contributed by atoms with E-state index in [1.165, 1.54) is 5.56 Å². The third-order valence-corrected chi connectivity index (χ3v) is 5.09. The molecule has 4 heteroatoms. The molecule has 1 aliphatic rings. The van der Waals surface area contributed by atoms with E-state index in [2.05, 4.69) is 33.4 Å². The maximum Gasteiger partial charge on any atom is 0.222 e. The van der Waals surface area contributed by atoms with Gasteiger partial charge in [-0.15, -0.1) is 0 Å². The standard InChI is InChI=1S/C19H21BrN2O/c20-16-9-4-8-15(12-16)19(10-5-11-19)22-18(23)13-17(21)14-6-2-1-3-7-14/h1-4,6-9,12,17H,5,10-11,13,21H2,(H,22,23). The fourth-order valence-corrected chi connectivity index (χ4v) is 3.54. The van der Waals surface area contributed by atoms with Gasteiger partial charge >= 0.3 is 0 Å². The van der Waals surface area contributed by atoms with Gasteiger partial charge in [0, 0.05) is 16.9 Å². The van der Waals surface area contributed by atoms with Crippen molar-refractivity contribution in [2.45, 2.75) is 37.3 Å². The van der Waals surface area contributed by atoms with Gasteiger partial charge in [-0.2, -0.15) is 0 Å². The van der Waals surface area contributed by atoms with Crippen LogP contribution in [-0.4, -0.2) is 5.91 Å². The molecule has 1 amide bonds. The zero-order valence-corrected chi connectivity index (χ0v) is 14.6. The summed E-state index contributed by atoms with van der Waals surface area (Å²) in [7, 11) is 0. The first-order valence-corrected chi connectivity index (χ1v) is 8.76. The Hall–Kier alpha value is -1.65. The Bertz CT molecular complexity index is 683. The molecule has 1 unspecified atom stereocenters. The minimum Gasteiger partial charge on any atom is -0.347 e. The van der Waals surface area contributed by atoms with E-state index in [0.717, 1.165) is 29.3 Å². The van der Waals surface area contributed by atoms with E-state index < -0.39 is 0 Å². The molecule has 1 fully saturated rings. The summed E-state index contributed by atoms with van der Waals surface area (Å²) in [6.45, 7) is 0. The zero-order valence-electron chi connectivity index (χ0n) is 13.0. The molecule has 0 spiro atoms. The molecule has 23 heavy (non-hydrogen) atoms. The van der Waals surface area contributed by atoms with Crippen LogP contribution in [0.5, 0.6) is 0 Å². The summed E-state index contributed by atoms with van der Waals surface area (Å²) in [5.74, 6) is 0.0148. The summed E-state index contributed by atoms with van der Waals surface area (Å²) in [5.41, 5.74) is 8.10. The smallest absolute Gasteiger partial charge is 0.222 e. The predicted molar refractivity (Wildman–Crippen MR) is 95.8 cm³/mol. The first-order valence-electron chi connectivity index (χ1n) is 7.97. The molecule has 0 heterocycles. The molecule has 2 aromatic carbocycles. The minimum atomic E-state index is -0.268. The maximum atomic E-state index is 12.5. The van der Waals surface area contributed by atoms with E-state index in [9.17, 15) is 4.79 Å². The van der Waals surface area contributed by atoms with Crippen molar-refractivity contribution in [3.8, 4) is 0 Å². The zero-order chi connectivity index (χ0) is 16.3. The highest BCUT2D eigenvalue weighted by Gasteiger charge is 2.40. The Morgan fingerprint density at radius 3 is 2.52 bits per heavy atom. The third-order valence-electron chi connectivity index (χ3n) is 4.60. The van der Waals surface area contributed by atoms with Gasteiger partial charge in [-0.05, 0) is 42.5 Å². The number of carbonyl (C=O) groups excluding carboxylic acids is 1. The number of amides is 1.